The topological polar surface area (TPSA) is 90.8 Å². The number of anilines is 2. The molecule has 6 heteroatoms. The van der Waals surface area contributed by atoms with Gasteiger partial charge in [-0.1, -0.05) is 20.3 Å². The third-order valence-electron chi connectivity index (χ3n) is 11.3. The Morgan fingerprint density at radius 3 is 2.61 bits per heavy atom. The lowest BCUT2D eigenvalue weighted by molar-refractivity contribution is -0.154. The van der Waals surface area contributed by atoms with E-state index in [1.807, 2.05) is 19.2 Å². The molecule has 4 aliphatic carbocycles. The highest BCUT2D eigenvalue weighted by Gasteiger charge is 2.62. The van der Waals surface area contributed by atoms with Gasteiger partial charge in [0.25, 0.3) is 0 Å². The fraction of sp³-hybridized carbons (Fsp3) is 0.767. The maximum absolute atomic E-state index is 13.7. The molecular weight excluding hydrogens is 450 g/mol. The molecule has 36 heavy (non-hydrogen) atoms. The Kier molecular flexibility index (Phi) is 7.05. The number of fused-ring (bicyclic) bond motifs is 5. The fourth-order valence-corrected chi connectivity index (χ4v) is 9.63. The molecule has 6 nitrogen and oxygen atoms in total. The largest absolute Gasteiger partial charge is 0.497 e. The number of methoxy groups -OCH3 is 2. The van der Waals surface area contributed by atoms with Gasteiger partial charge in [0.1, 0.15) is 5.75 Å². The first-order valence-electron chi connectivity index (χ1n) is 14.2. The lowest BCUT2D eigenvalue weighted by Crippen LogP contribution is -2.56. The number of carbonyl (C=O) groups excluding carboxylic acids is 1. The van der Waals surface area contributed by atoms with E-state index in [1.165, 1.54) is 50.0 Å². The number of nitrogens with zero attached hydrogens (tertiary/aromatic N) is 1. The van der Waals surface area contributed by atoms with Crippen molar-refractivity contribution >= 4 is 17.2 Å². The molecule has 0 heterocycles. The molecular formula is C30H47N3O3. The van der Waals surface area contributed by atoms with Crippen LogP contribution < -0.4 is 21.3 Å². The first-order chi connectivity index (χ1) is 17.2. The molecule has 8 unspecified atom stereocenters. The van der Waals surface area contributed by atoms with Gasteiger partial charge < -0.3 is 20.2 Å². The van der Waals surface area contributed by atoms with E-state index < -0.39 is 0 Å². The van der Waals surface area contributed by atoms with Crippen molar-refractivity contribution in [3.8, 4) is 5.75 Å². The first-order valence-corrected chi connectivity index (χ1v) is 14.2. The quantitative estimate of drug-likeness (QED) is 0.296. The van der Waals surface area contributed by atoms with Gasteiger partial charge in [-0.15, -0.1) is 0 Å². The Balaban J connectivity index is 1.32. The van der Waals surface area contributed by atoms with Crippen molar-refractivity contribution in [1.82, 2.24) is 0 Å². The highest BCUT2D eigenvalue weighted by molar-refractivity contribution is 5.87. The van der Waals surface area contributed by atoms with Gasteiger partial charge in [-0.2, -0.15) is 0 Å². The Bertz CT molecular complexity index is 969. The molecule has 0 aliphatic heterocycles. The fourth-order valence-electron chi connectivity index (χ4n) is 9.63. The van der Waals surface area contributed by atoms with Crippen LogP contribution in [0.3, 0.4) is 0 Å². The van der Waals surface area contributed by atoms with Crippen molar-refractivity contribution in [2.75, 3.05) is 38.1 Å². The van der Waals surface area contributed by atoms with Crippen LogP contribution in [0.25, 0.3) is 0 Å². The number of nitrogens with two attached hydrogens (primary N) is 2. The second-order valence-corrected chi connectivity index (χ2v) is 12.9. The summed E-state index contributed by atoms with van der Waals surface area (Å²) in [6, 6.07) is 5.43. The Hall–Kier alpha value is -1.79. The summed E-state index contributed by atoms with van der Waals surface area (Å²) >= 11 is 0. The molecule has 200 valence electrons. The SMILES string of the molecule is COCC12CCC(C)CC1CCC1C3CCC(C(=O)CN(N)c4ccc(OC)cc4N)C3(C)CCC12. The molecule has 4 aliphatic rings. The molecule has 0 radical (unpaired) electrons. The van der Waals surface area contributed by atoms with Crippen LogP contribution in [0.1, 0.15) is 71.6 Å². The van der Waals surface area contributed by atoms with E-state index in [2.05, 4.69) is 13.8 Å². The summed E-state index contributed by atoms with van der Waals surface area (Å²) < 4.78 is 11.2. The third kappa shape index (κ3) is 4.13. The molecule has 0 bridgehead atoms. The summed E-state index contributed by atoms with van der Waals surface area (Å²) in [4.78, 5) is 13.7. The van der Waals surface area contributed by atoms with Crippen molar-refractivity contribution in [3.63, 3.8) is 0 Å². The van der Waals surface area contributed by atoms with Gasteiger partial charge in [-0.3, -0.25) is 4.79 Å². The van der Waals surface area contributed by atoms with Crippen LogP contribution in [0.15, 0.2) is 18.2 Å². The monoisotopic (exact) mass is 497 g/mol. The zero-order valence-corrected chi connectivity index (χ0v) is 22.8. The van der Waals surface area contributed by atoms with Crippen molar-refractivity contribution in [2.24, 2.45) is 52.2 Å². The summed E-state index contributed by atoms with van der Waals surface area (Å²) in [6.07, 6.45) is 11.3. The molecule has 0 aromatic heterocycles. The molecule has 8 atom stereocenters. The molecule has 1 aromatic rings. The van der Waals surface area contributed by atoms with E-state index >= 15 is 0 Å². The molecule has 4 N–H and O–H groups in total. The van der Waals surface area contributed by atoms with Gasteiger partial charge in [0.05, 0.1) is 31.6 Å². The lowest BCUT2D eigenvalue weighted by Gasteiger charge is -2.62. The maximum atomic E-state index is 13.7. The zero-order valence-electron chi connectivity index (χ0n) is 22.8. The van der Waals surface area contributed by atoms with Crippen LogP contribution in [0, 0.1) is 46.3 Å². The van der Waals surface area contributed by atoms with Gasteiger partial charge in [0.15, 0.2) is 5.78 Å². The normalized spacial score (nSPS) is 39.6. The number of hydrazine groups is 1. The zero-order chi connectivity index (χ0) is 25.7. The van der Waals surface area contributed by atoms with Crippen LogP contribution in [0.2, 0.25) is 0 Å². The summed E-state index contributed by atoms with van der Waals surface area (Å²) in [5.41, 5.74) is 7.85. The van der Waals surface area contributed by atoms with Crippen LogP contribution in [-0.4, -0.2) is 33.2 Å². The minimum atomic E-state index is 0.0770. The minimum Gasteiger partial charge on any atom is -0.497 e. The van der Waals surface area contributed by atoms with Crippen molar-refractivity contribution in [1.29, 1.82) is 0 Å². The highest BCUT2D eigenvalue weighted by atomic mass is 16.5. The standard InChI is InChI=1S/C30H47N3O3/c1-19-11-14-30(18-35-3)20(15-19)5-7-22-23-8-9-25(29(23,2)13-12-24(22)30)28(34)17-33(32)27-10-6-21(36-4)16-26(27)31/h6,10,16,19-20,22-25H,5,7-9,11-15,17-18,31-32H2,1-4H3. The van der Waals surface area contributed by atoms with E-state index in [4.69, 9.17) is 21.1 Å². The number of benzene rings is 1. The van der Waals surface area contributed by atoms with Crippen LogP contribution in [0.5, 0.6) is 5.75 Å². The van der Waals surface area contributed by atoms with Crippen molar-refractivity contribution < 1.29 is 14.3 Å². The number of hydrogen-bond donors (Lipinski definition) is 2. The predicted molar refractivity (Wildman–Crippen MR) is 145 cm³/mol. The molecule has 4 saturated carbocycles. The van der Waals surface area contributed by atoms with Gasteiger partial charge >= 0.3 is 0 Å². The lowest BCUT2D eigenvalue weighted by atomic mass is 9.44. The number of Topliss-reactive ketones (excluding diaryl/α,β-unsaturated/α-hetero) is 1. The van der Waals surface area contributed by atoms with Crippen LogP contribution in [0.4, 0.5) is 11.4 Å². The Morgan fingerprint density at radius 1 is 1.08 bits per heavy atom. The Morgan fingerprint density at radius 2 is 1.89 bits per heavy atom. The van der Waals surface area contributed by atoms with E-state index in [0.717, 1.165) is 43.1 Å². The average Bonchev–Trinajstić information content (AvgIpc) is 3.21. The maximum Gasteiger partial charge on any atom is 0.157 e. The van der Waals surface area contributed by atoms with Crippen molar-refractivity contribution in [2.45, 2.75) is 71.6 Å². The number of ether oxygens (including phenoxy) is 2. The molecule has 0 saturated heterocycles. The first kappa shape index (κ1) is 25.8. The van der Waals surface area contributed by atoms with Crippen molar-refractivity contribution in [3.05, 3.63) is 18.2 Å². The molecule has 1 aromatic carbocycles. The molecule has 5 rings (SSSR count). The molecule has 4 fully saturated rings. The number of ketones is 1. The Labute approximate surface area is 217 Å². The number of hydrogen-bond acceptors (Lipinski definition) is 6. The average molecular weight is 498 g/mol. The number of rotatable bonds is 7. The molecule has 0 amide bonds. The van der Waals surface area contributed by atoms with Gasteiger partial charge in [0.2, 0.25) is 0 Å². The van der Waals surface area contributed by atoms with E-state index in [0.29, 0.717) is 28.5 Å². The molecule has 0 spiro atoms. The summed E-state index contributed by atoms with van der Waals surface area (Å²) in [6.45, 7) is 5.98. The van der Waals surface area contributed by atoms with E-state index in [1.54, 1.807) is 13.2 Å². The second-order valence-electron chi connectivity index (χ2n) is 12.9. The van der Waals surface area contributed by atoms with E-state index in [9.17, 15) is 4.79 Å². The van der Waals surface area contributed by atoms with Crippen LogP contribution >= 0.6 is 0 Å². The predicted octanol–water partition coefficient (Wildman–Crippen LogP) is 5.45. The number of carbonyl (C=O) groups is 1. The number of nitrogen functional groups attached to an aromatic ring is 1. The van der Waals surface area contributed by atoms with Gasteiger partial charge in [-0.25, -0.2) is 5.84 Å². The van der Waals surface area contributed by atoms with E-state index in [-0.39, 0.29) is 23.7 Å². The third-order valence-corrected chi connectivity index (χ3v) is 11.3. The summed E-state index contributed by atoms with van der Waals surface area (Å²) in [5.74, 6) is 11.2. The van der Waals surface area contributed by atoms with Gasteiger partial charge in [0, 0.05) is 19.1 Å². The smallest absolute Gasteiger partial charge is 0.157 e. The summed E-state index contributed by atoms with van der Waals surface area (Å²) in [7, 11) is 3.52. The second kappa shape index (κ2) is 9.83. The minimum absolute atomic E-state index is 0.0770. The summed E-state index contributed by atoms with van der Waals surface area (Å²) in [5, 5.41) is 1.53. The van der Waals surface area contributed by atoms with Gasteiger partial charge in [-0.05, 0) is 104 Å². The highest BCUT2D eigenvalue weighted by Crippen LogP contribution is 2.68. The van der Waals surface area contributed by atoms with Crippen LogP contribution in [-0.2, 0) is 9.53 Å².